The Kier molecular flexibility index (Phi) is 13.4. The third-order valence-corrected chi connectivity index (χ3v) is 39.0. The highest BCUT2D eigenvalue weighted by molar-refractivity contribution is 7.16. The summed E-state index contributed by atoms with van der Waals surface area (Å²) in [6.07, 6.45) is 7.58. The number of halogens is 6. The standard InChI is InChI=1S/2C41H28N4S4.C33H30F6N4/c1-21-5-9-37(46-21)29-13-25-18-34-31(39-11-7-23(3)48-39)15-27-20-36-32(40-12-8-24(4)49-40)16-28-19-35-30(38-10-6-22(2)47-38)14-26-17-33(29)42(25)41(43(26)35,44(27)34)45(28)36;1-21-17-25-34(30-10-6-14-47-30)38-23(3)19-27-36(32-12-8-16-49-32)40-24(4)20-28-35(31-11-7-15-48-31)39-22(2)18-26-33(29-9-5-13-46-29)37(21)42(25)41(43(26)39,44(27)38)45(28)40;1-11-12(2)24-20(10)26-14(4)16(6)28-22(32(37,38)39)30-18(8)17(7)29-21(31(34,35)36)27-15(5)13(3)25-19(9)23(11)40(24)33(41(25)27,42(26)28)43(29)30/h2*5-20H,1-4H3;1-10H3/q3*+2/i2*1D3;5D3,6D3,7D3. The monoisotopic (exact) mass is 2020 g/mol. The van der Waals surface area contributed by atoms with Crippen LogP contribution >= 0.6 is 90.7 Å². The summed E-state index contributed by atoms with van der Waals surface area (Å²) in [6.45, 7) is 9.16. The Morgan fingerprint density at radius 1 is 0.355 bits per heavy atom. The molecule has 0 aliphatic carbocycles. The fourth-order valence-corrected chi connectivity index (χ4v) is 33.0. The Bertz CT molecular complexity index is 10400. The first-order chi connectivity index (χ1) is 73.8. The van der Waals surface area contributed by atoms with Gasteiger partial charge in [0.2, 0.25) is 68.5 Å². The van der Waals surface area contributed by atoms with Gasteiger partial charge in [0, 0.05) is 183 Å². The number of hydrogen-bond acceptors (Lipinski definition) is 8. The molecule has 32 rings (SSSR count). The minimum Gasteiger partial charge on any atom is -0.199 e. The molecule has 0 fully saturated rings. The maximum Gasteiger partial charge on any atom is 0.554 e. The highest BCUT2D eigenvalue weighted by Crippen LogP contribution is 2.64. The van der Waals surface area contributed by atoms with Crippen molar-refractivity contribution in [3.8, 4) is 20.9 Å². The van der Waals surface area contributed by atoms with Crippen LogP contribution in [0, 0.1) is 69.1 Å². The molecule has 0 amide bonds. The Hall–Kier alpha value is -13.0. The fraction of sp³-hybridized carbons (Fsp3) is 0.200. The molecular formula is C115H86F6N12S8+6. The van der Waals surface area contributed by atoms with Gasteiger partial charge in [-0.3, -0.25) is 0 Å². The van der Waals surface area contributed by atoms with E-state index in [0.29, 0.717) is 43.4 Å². The van der Waals surface area contributed by atoms with E-state index in [9.17, 15) is 0 Å². The average molecular weight is 2020 g/mol. The van der Waals surface area contributed by atoms with E-state index in [2.05, 4.69) is 251 Å². The number of aromatic nitrogens is 6. The SMILES string of the molecule is [2H]C([2H])([2H])C1=C(C)C2=[N+]3C1=C(C(F)(F)F)c1c(C)c(C([2H])([2H])[2H])c4n1C31n3c(c(C)c(C)c3=C(C)C3=[N+]1C(=C4C(F)(F)F)C(C([2H])([2H])[2H])=C3C)=C2C.[2H]C([2H])([2H])C1=CC2=C(c3cccs3)c3c(C)cc4n3C35n6c(cc(C)c6=C(c6cccs6)C6=[N+]3C(=C4c3cccs3)C(C)=C6)=C(c3cccs3)C1=[N+]25.[2H]C([2H])([2H])c1ccc(C2=CC3=Cc4c(-c5ccc(C)s5)cc5n4C46n7c(cc(-c8ccc(C)s8)c7=CC7=[N+]4C(=C5)C(c4ccc(C)s4)=C7)=CC2=[N+]36)s1. The number of alkyl halides is 6. The lowest BCUT2D eigenvalue weighted by molar-refractivity contribution is -0.835. The highest BCUT2D eigenvalue weighted by atomic mass is 32.1. The van der Waals surface area contributed by atoms with Crippen LogP contribution in [0.4, 0.5) is 26.3 Å². The summed E-state index contributed by atoms with van der Waals surface area (Å²) in [4.78, 5) is 13.6. The molecule has 0 N–H and O–H groups in total. The number of aryl methyl sites for hydroxylation is 6. The van der Waals surface area contributed by atoms with Crippen LogP contribution in [0.1, 0.15) is 192 Å². The quantitative estimate of drug-likeness (QED) is 0.108. The van der Waals surface area contributed by atoms with Crippen LogP contribution < -0.4 is 32.1 Å². The molecule has 14 aromatic heterocycles. The second kappa shape index (κ2) is 27.0. The molecule has 3 spiro atoms. The van der Waals surface area contributed by atoms with Gasteiger partial charge in [-0.25, -0.2) is 0 Å². The fourth-order valence-electron chi connectivity index (χ4n) is 26.5. The van der Waals surface area contributed by atoms with Gasteiger partial charge in [0.25, 0.3) is 0 Å². The van der Waals surface area contributed by atoms with Gasteiger partial charge in [-0.15, -0.1) is 90.7 Å². The minimum atomic E-state index is -5.50. The maximum atomic E-state index is 15.9. The molecule has 690 valence electrons. The van der Waals surface area contributed by atoms with Gasteiger partial charge >= 0.3 is 30.1 Å². The van der Waals surface area contributed by atoms with E-state index in [0.717, 1.165) is 114 Å². The summed E-state index contributed by atoms with van der Waals surface area (Å²) in [6, 6.07) is 43.9. The van der Waals surface area contributed by atoms with Gasteiger partial charge in [0.05, 0.1) is 99.7 Å². The summed E-state index contributed by atoms with van der Waals surface area (Å²) in [5.41, 5.74) is 17.6. The topological polar surface area (TPSA) is 47.6 Å². The number of allylic oxidation sites excluding steroid dienone is 14. The normalized spacial score (nSPS) is 23.6. The Labute approximate surface area is 859 Å². The lowest BCUT2D eigenvalue weighted by Gasteiger charge is -2.41. The molecule has 0 radical (unpaired) electrons. The molecular weight excluding hydrogens is 1920 g/mol. The van der Waals surface area contributed by atoms with E-state index in [1.165, 1.54) is 137 Å². The van der Waals surface area contributed by atoms with E-state index in [4.69, 9.17) is 20.6 Å². The number of hydrogen-bond donors (Lipinski definition) is 0. The largest absolute Gasteiger partial charge is 0.554 e. The molecule has 0 bridgehead atoms. The van der Waals surface area contributed by atoms with Crippen molar-refractivity contribution in [1.82, 2.24) is 27.4 Å². The molecule has 18 aliphatic rings. The van der Waals surface area contributed by atoms with Crippen molar-refractivity contribution in [1.29, 1.82) is 0 Å². The lowest BCUT2D eigenvalue weighted by atomic mass is 9.96. The third-order valence-electron chi connectivity index (χ3n) is 31.4. The molecule has 14 aromatic rings. The van der Waals surface area contributed by atoms with E-state index < -0.39 is 121 Å². The molecule has 12 nitrogen and oxygen atoms in total. The number of thiophene rings is 8. The van der Waals surface area contributed by atoms with Crippen molar-refractivity contribution in [2.75, 3.05) is 0 Å². The molecule has 0 saturated carbocycles. The molecule has 0 saturated heterocycles. The lowest BCUT2D eigenvalue weighted by Crippen LogP contribution is -2.72. The highest BCUT2D eigenvalue weighted by Gasteiger charge is 2.80. The molecule has 141 heavy (non-hydrogen) atoms. The summed E-state index contributed by atoms with van der Waals surface area (Å²) in [5, 5.41) is 13.8. The summed E-state index contributed by atoms with van der Waals surface area (Å²) >= 11 is 13.8. The predicted molar refractivity (Wildman–Crippen MR) is 562 cm³/mol. The first-order valence-corrected chi connectivity index (χ1v) is 53.0. The Morgan fingerprint density at radius 3 is 1.50 bits per heavy atom. The molecule has 32 heterocycles. The van der Waals surface area contributed by atoms with E-state index >= 15 is 26.3 Å². The molecule has 0 aromatic carbocycles. The van der Waals surface area contributed by atoms with Crippen molar-refractivity contribution in [3.63, 3.8) is 0 Å². The van der Waals surface area contributed by atoms with Gasteiger partial charge in [0.1, 0.15) is 0 Å². The van der Waals surface area contributed by atoms with Crippen LogP contribution in [0.15, 0.2) is 235 Å². The smallest absolute Gasteiger partial charge is 0.199 e. The average Bonchev–Trinajstić information content (AvgIpc) is 1.44. The van der Waals surface area contributed by atoms with Gasteiger partial charge < -0.3 is 0 Å². The summed E-state index contributed by atoms with van der Waals surface area (Å²) < 4.78 is 249. The van der Waals surface area contributed by atoms with Crippen molar-refractivity contribution >= 4 is 205 Å². The zero-order chi connectivity index (χ0) is 109. The maximum absolute atomic E-state index is 15.9. The van der Waals surface area contributed by atoms with Crippen LogP contribution in [-0.4, -0.2) is 101 Å². The Morgan fingerprint density at radius 2 is 0.922 bits per heavy atom. The number of nitrogens with zero attached hydrogens (tertiary/aromatic N) is 12. The zero-order valence-corrected chi connectivity index (χ0v) is 83.9. The van der Waals surface area contributed by atoms with Crippen molar-refractivity contribution < 1.29 is 74.4 Å². The first-order valence-electron chi connectivity index (χ1n) is 53.7. The second-order valence-electron chi connectivity index (χ2n) is 38.7. The van der Waals surface area contributed by atoms with Crippen molar-refractivity contribution in [3.05, 3.63) is 383 Å². The predicted octanol–water partition coefficient (Wildman–Crippen LogP) is 22.9. The molecule has 26 heteroatoms. The molecule has 3 unspecified atom stereocenters. The van der Waals surface area contributed by atoms with Gasteiger partial charge in [-0.1, -0.05) is 51.7 Å². The molecule has 3 atom stereocenters. The van der Waals surface area contributed by atoms with Crippen LogP contribution in [0.5, 0.6) is 0 Å². The van der Waals surface area contributed by atoms with Crippen LogP contribution in [0.3, 0.4) is 0 Å². The summed E-state index contributed by atoms with van der Waals surface area (Å²) in [7, 11) is 0. The van der Waals surface area contributed by atoms with Crippen LogP contribution in [0.25, 0.3) is 101 Å². The first kappa shape index (κ1) is 69.8. The van der Waals surface area contributed by atoms with E-state index in [-0.39, 0.29) is 22.6 Å². The summed E-state index contributed by atoms with van der Waals surface area (Å²) in [5.74, 6) is -4.29. The van der Waals surface area contributed by atoms with Crippen LogP contribution in [0.2, 0.25) is 0 Å². The number of rotatable bonds is 8. The van der Waals surface area contributed by atoms with Crippen molar-refractivity contribution in [2.45, 2.75) is 154 Å². The third kappa shape index (κ3) is 9.58. The van der Waals surface area contributed by atoms with Crippen molar-refractivity contribution in [2.24, 2.45) is 0 Å². The second-order valence-corrected chi connectivity index (χ2v) is 47.4. The van der Waals surface area contributed by atoms with Gasteiger partial charge in [0.15, 0.2) is 11.1 Å². The van der Waals surface area contributed by atoms with E-state index in [1.54, 1.807) is 83.7 Å². The van der Waals surface area contributed by atoms with E-state index in [1.807, 2.05) is 46.2 Å². The van der Waals surface area contributed by atoms with Gasteiger partial charge in [-0.05, 0) is 276 Å². The van der Waals surface area contributed by atoms with Crippen LogP contribution in [-0.2, 0) is 17.7 Å². The minimum absolute atomic E-state index is 0.0189. The Balaban J connectivity index is 0.000000106. The zero-order valence-electron chi connectivity index (χ0n) is 92.4. The van der Waals surface area contributed by atoms with Gasteiger partial charge in [-0.2, -0.15) is 53.7 Å². The molecule has 18 aliphatic heterocycles.